The fourth-order valence-electron chi connectivity index (χ4n) is 1.90. The van der Waals surface area contributed by atoms with E-state index in [0.717, 1.165) is 49.5 Å². The van der Waals surface area contributed by atoms with Crippen LogP contribution in [0.5, 0.6) is 11.5 Å². The molecule has 2 rings (SSSR count). The molecule has 0 radical (unpaired) electrons. The number of hydrogen-bond acceptors (Lipinski definition) is 3. The summed E-state index contributed by atoms with van der Waals surface area (Å²) in [6.07, 6.45) is 3.00. The molecule has 1 aromatic rings. The molecule has 1 aromatic carbocycles. The fraction of sp³-hybridized carbons (Fsp3) is 0.538. The second-order valence-corrected chi connectivity index (χ2v) is 4.15. The molecule has 16 heavy (non-hydrogen) atoms. The third kappa shape index (κ3) is 2.47. The van der Waals surface area contributed by atoms with Crippen LogP contribution in [0, 0.1) is 0 Å². The van der Waals surface area contributed by atoms with Crippen molar-refractivity contribution in [2.45, 2.75) is 32.2 Å². The fourth-order valence-corrected chi connectivity index (χ4v) is 1.90. The molecule has 3 nitrogen and oxygen atoms in total. The van der Waals surface area contributed by atoms with Gasteiger partial charge in [0.05, 0.1) is 13.2 Å². The average Bonchev–Trinajstić information content (AvgIpc) is 2.49. The van der Waals surface area contributed by atoms with E-state index < -0.39 is 0 Å². The third-order valence-electron chi connectivity index (χ3n) is 2.77. The molecule has 0 unspecified atom stereocenters. The van der Waals surface area contributed by atoms with E-state index in [1.807, 2.05) is 18.2 Å². The van der Waals surface area contributed by atoms with Crippen molar-refractivity contribution < 1.29 is 9.47 Å². The molecule has 0 aliphatic carbocycles. The van der Waals surface area contributed by atoms with Gasteiger partial charge in [-0.2, -0.15) is 0 Å². The summed E-state index contributed by atoms with van der Waals surface area (Å²) >= 11 is 0. The molecule has 2 N–H and O–H groups in total. The van der Waals surface area contributed by atoms with Gasteiger partial charge in [-0.15, -0.1) is 0 Å². The van der Waals surface area contributed by atoms with Gasteiger partial charge in [0.15, 0.2) is 0 Å². The number of rotatable bonds is 3. The van der Waals surface area contributed by atoms with Crippen molar-refractivity contribution >= 4 is 0 Å². The SMILES string of the molecule is CCCOc1ccc2c(c1)[C@H](N)CCCO2. The van der Waals surface area contributed by atoms with Gasteiger partial charge >= 0.3 is 0 Å². The Bertz CT molecular complexity index is 352. The Morgan fingerprint density at radius 1 is 1.50 bits per heavy atom. The highest BCUT2D eigenvalue weighted by Gasteiger charge is 2.16. The lowest BCUT2D eigenvalue weighted by atomic mass is 10.0. The van der Waals surface area contributed by atoms with Crippen LogP contribution in [0.2, 0.25) is 0 Å². The smallest absolute Gasteiger partial charge is 0.124 e. The second kappa shape index (κ2) is 5.21. The van der Waals surface area contributed by atoms with E-state index >= 15 is 0 Å². The van der Waals surface area contributed by atoms with Crippen molar-refractivity contribution in [3.63, 3.8) is 0 Å². The average molecular weight is 221 g/mol. The highest BCUT2D eigenvalue weighted by atomic mass is 16.5. The van der Waals surface area contributed by atoms with E-state index in [0.29, 0.717) is 0 Å². The molecule has 0 aromatic heterocycles. The van der Waals surface area contributed by atoms with Gasteiger partial charge in [0.1, 0.15) is 11.5 Å². The molecule has 3 heteroatoms. The van der Waals surface area contributed by atoms with Crippen molar-refractivity contribution in [3.8, 4) is 11.5 Å². The molecular formula is C13H19NO2. The number of benzene rings is 1. The van der Waals surface area contributed by atoms with Gasteiger partial charge in [-0.1, -0.05) is 6.92 Å². The van der Waals surface area contributed by atoms with E-state index in [1.54, 1.807) is 0 Å². The standard InChI is InChI=1S/C13H19NO2/c1-2-7-15-10-5-6-13-11(9-10)12(14)4-3-8-16-13/h5-6,9,12H,2-4,7-8,14H2,1H3/t12-/m1/s1. The number of nitrogens with two attached hydrogens (primary N) is 1. The van der Waals surface area contributed by atoms with Gasteiger partial charge in [0.2, 0.25) is 0 Å². The Morgan fingerprint density at radius 2 is 2.38 bits per heavy atom. The first-order valence-corrected chi connectivity index (χ1v) is 5.96. The van der Waals surface area contributed by atoms with Gasteiger partial charge in [0, 0.05) is 11.6 Å². The largest absolute Gasteiger partial charge is 0.494 e. The molecular weight excluding hydrogens is 202 g/mol. The Hall–Kier alpha value is -1.22. The topological polar surface area (TPSA) is 44.5 Å². The summed E-state index contributed by atoms with van der Waals surface area (Å²) in [5.74, 6) is 1.80. The highest BCUT2D eigenvalue weighted by molar-refractivity contribution is 5.42. The molecule has 1 aliphatic rings. The lowest BCUT2D eigenvalue weighted by Crippen LogP contribution is -2.09. The maximum absolute atomic E-state index is 6.11. The van der Waals surface area contributed by atoms with Crippen molar-refractivity contribution in [3.05, 3.63) is 23.8 Å². The van der Waals surface area contributed by atoms with Crippen LogP contribution in [-0.2, 0) is 0 Å². The zero-order valence-electron chi connectivity index (χ0n) is 9.74. The van der Waals surface area contributed by atoms with Crippen LogP contribution >= 0.6 is 0 Å². The highest BCUT2D eigenvalue weighted by Crippen LogP contribution is 2.32. The van der Waals surface area contributed by atoms with E-state index in [1.165, 1.54) is 0 Å². The molecule has 0 spiro atoms. The number of ether oxygens (including phenoxy) is 2. The molecule has 1 aliphatic heterocycles. The molecule has 1 atom stereocenters. The van der Waals surface area contributed by atoms with Crippen molar-refractivity contribution in [1.82, 2.24) is 0 Å². The van der Waals surface area contributed by atoms with E-state index in [-0.39, 0.29) is 6.04 Å². The van der Waals surface area contributed by atoms with Crippen LogP contribution in [-0.4, -0.2) is 13.2 Å². The minimum Gasteiger partial charge on any atom is -0.494 e. The second-order valence-electron chi connectivity index (χ2n) is 4.15. The zero-order valence-corrected chi connectivity index (χ0v) is 9.74. The van der Waals surface area contributed by atoms with Gasteiger partial charge in [-0.3, -0.25) is 0 Å². The first-order valence-electron chi connectivity index (χ1n) is 5.96. The van der Waals surface area contributed by atoms with Crippen molar-refractivity contribution in [1.29, 1.82) is 0 Å². The summed E-state index contributed by atoms with van der Waals surface area (Å²) in [4.78, 5) is 0. The summed E-state index contributed by atoms with van der Waals surface area (Å²) in [5, 5.41) is 0. The Morgan fingerprint density at radius 3 is 3.19 bits per heavy atom. The van der Waals surface area contributed by atoms with Gasteiger partial charge in [-0.05, 0) is 37.5 Å². The van der Waals surface area contributed by atoms with E-state index in [2.05, 4.69) is 6.92 Å². The van der Waals surface area contributed by atoms with E-state index in [4.69, 9.17) is 15.2 Å². The van der Waals surface area contributed by atoms with Crippen LogP contribution in [0.3, 0.4) is 0 Å². The summed E-state index contributed by atoms with van der Waals surface area (Å²) < 4.78 is 11.2. The molecule has 0 fully saturated rings. The van der Waals surface area contributed by atoms with Crippen LogP contribution in [0.15, 0.2) is 18.2 Å². The Balaban J connectivity index is 2.21. The summed E-state index contributed by atoms with van der Waals surface area (Å²) in [7, 11) is 0. The van der Waals surface area contributed by atoms with Gasteiger partial charge < -0.3 is 15.2 Å². The molecule has 0 saturated heterocycles. The van der Waals surface area contributed by atoms with Crippen LogP contribution in [0.4, 0.5) is 0 Å². The number of hydrogen-bond donors (Lipinski definition) is 1. The molecule has 88 valence electrons. The van der Waals surface area contributed by atoms with Crippen LogP contribution in [0.25, 0.3) is 0 Å². The first kappa shape index (κ1) is 11.3. The van der Waals surface area contributed by atoms with Gasteiger partial charge in [0.25, 0.3) is 0 Å². The summed E-state index contributed by atoms with van der Waals surface area (Å²) in [6, 6.07) is 6.00. The molecule has 0 amide bonds. The maximum Gasteiger partial charge on any atom is 0.124 e. The zero-order chi connectivity index (χ0) is 11.4. The maximum atomic E-state index is 6.11. The Labute approximate surface area is 96.5 Å². The number of fused-ring (bicyclic) bond motifs is 1. The first-order chi connectivity index (χ1) is 7.81. The van der Waals surface area contributed by atoms with Crippen LogP contribution < -0.4 is 15.2 Å². The van der Waals surface area contributed by atoms with Crippen molar-refractivity contribution in [2.75, 3.05) is 13.2 Å². The van der Waals surface area contributed by atoms with Gasteiger partial charge in [-0.25, -0.2) is 0 Å². The Kier molecular flexibility index (Phi) is 3.67. The van der Waals surface area contributed by atoms with E-state index in [9.17, 15) is 0 Å². The molecule has 0 bridgehead atoms. The van der Waals surface area contributed by atoms with Crippen molar-refractivity contribution in [2.24, 2.45) is 5.73 Å². The lowest BCUT2D eigenvalue weighted by Gasteiger charge is -2.13. The normalized spacial score (nSPS) is 19.5. The summed E-state index contributed by atoms with van der Waals surface area (Å²) in [6.45, 7) is 3.60. The third-order valence-corrected chi connectivity index (χ3v) is 2.77. The molecule has 1 heterocycles. The minimum absolute atomic E-state index is 0.0719. The van der Waals surface area contributed by atoms with Crippen LogP contribution in [0.1, 0.15) is 37.8 Å². The monoisotopic (exact) mass is 221 g/mol. The predicted molar refractivity (Wildman–Crippen MR) is 63.9 cm³/mol. The lowest BCUT2D eigenvalue weighted by molar-refractivity contribution is 0.309. The molecule has 0 saturated carbocycles. The minimum atomic E-state index is 0.0719. The summed E-state index contributed by atoms with van der Waals surface area (Å²) in [5.41, 5.74) is 7.18. The quantitative estimate of drug-likeness (QED) is 0.853. The predicted octanol–water partition coefficient (Wildman–Crippen LogP) is 2.65.